The molecular weight excluding hydrogens is 369 g/mol. The van der Waals surface area contributed by atoms with Crippen LogP contribution in [0.3, 0.4) is 0 Å². The van der Waals surface area contributed by atoms with Crippen molar-refractivity contribution in [1.29, 1.82) is 10.5 Å². The molecule has 0 heterocycles. The first-order valence-electron chi connectivity index (χ1n) is 7.54. The Morgan fingerprint density at radius 3 is 2.46 bits per heavy atom. The van der Waals surface area contributed by atoms with Crippen LogP contribution in [-0.2, 0) is 0 Å². The van der Waals surface area contributed by atoms with Gasteiger partial charge in [-0.05, 0) is 48.3 Å². The summed E-state index contributed by atoms with van der Waals surface area (Å²) in [5.41, 5.74) is 2.21. The third-order valence-electron chi connectivity index (χ3n) is 3.68. The molecule has 0 saturated heterocycles. The molecule has 3 aromatic carbocycles. The minimum Gasteiger partial charge on any atom is -0.325 e. The molecule has 0 radical (unpaired) electrons. The highest BCUT2D eigenvalue weighted by Crippen LogP contribution is 2.36. The molecule has 0 aliphatic heterocycles. The second-order valence-electron chi connectivity index (χ2n) is 5.28. The molecule has 0 amide bonds. The second-order valence-corrected chi connectivity index (χ2v) is 6.53. The van der Waals surface area contributed by atoms with Gasteiger partial charge in [0, 0.05) is 16.0 Å². The van der Waals surface area contributed by atoms with Crippen LogP contribution in [-0.4, -0.2) is 0 Å². The number of rotatable bonds is 4. The van der Waals surface area contributed by atoms with Gasteiger partial charge in [0.25, 0.3) is 0 Å². The van der Waals surface area contributed by atoms with Crippen LogP contribution in [0.1, 0.15) is 11.1 Å². The summed E-state index contributed by atoms with van der Waals surface area (Å²) >= 11 is 7.40. The molecular formula is C20H11ClFN3S. The van der Waals surface area contributed by atoms with Crippen LogP contribution in [0.25, 0.3) is 11.1 Å². The number of hydrogen-bond acceptors (Lipinski definition) is 4. The summed E-state index contributed by atoms with van der Waals surface area (Å²) in [6.07, 6.45) is 0. The first kappa shape index (κ1) is 17.8. The Kier molecular flexibility index (Phi) is 5.43. The minimum atomic E-state index is -0.411. The summed E-state index contributed by atoms with van der Waals surface area (Å²) < 4.78 is 16.9. The third-order valence-corrected chi connectivity index (χ3v) is 5.02. The summed E-state index contributed by atoms with van der Waals surface area (Å²) in [6.45, 7) is 0. The van der Waals surface area contributed by atoms with E-state index < -0.39 is 5.82 Å². The van der Waals surface area contributed by atoms with Crippen molar-refractivity contribution in [3.05, 3.63) is 82.6 Å². The molecule has 0 unspecified atom stereocenters. The van der Waals surface area contributed by atoms with E-state index in [2.05, 4.69) is 10.8 Å². The van der Waals surface area contributed by atoms with Crippen molar-refractivity contribution in [3.63, 3.8) is 0 Å². The van der Waals surface area contributed by atoms with Crippen molar-refractivity contribution in [2.24, 2.45) is 0 Å². The number of benzene rings is 3. The Hall–Kier alpha value is -2.99. The fraction of sp³-hybridized carbons (Fsp3) is 0. The number of nitriles is 2. The Balaban J connectivity index is 2.04. The van der Waals surface area contributed by atoms with E-state index in [4.69, 9.17) is 11.6 Å². The van der Waals surface area contributed by atoms with Crippen LogP contribution >= 0.6 is 23.5 Å². The summed E-state index contributed by atoms with van der Waals surface area (Å²) in [7, 11) is 0. The van der Waals surface area contributed by atoms with Crippen molar-refractivity contribution in [2.45, 2.75) is 4.90 Å². The maximum absolute atomic E-state index is 13.8. The summed E-state index contributed by atoms with van der Waals surface area (Å²) in [6, 6.07) is 20.6. The lowest BCUT2D eigenvalue weighted by atomic mass is 9.95. The number of halogens is 2. The van der Waals surface area contributed by atoms with Gasteiger partial charge in [0.05, 0.1) is 21.8 Å². The average Bonchev–Trinajstić information content (AvgIpc) is 2.66. The van der Waals surface area contributed by atoms with Gasteiger partial charge in [-0.1, -0.05) is 35.9 Å². The van der Waals surface area contributed by atoms with E-state index in [1.165, 1.54) is 24.1 Å². The molecule has 1 N–H and O–H groups in total. The number of nitrogens with one attached hydrogen (secondary N) is 1. The number of hydrogen-bond donors (Lipinski definition) is 1. The molecule has 0 aliphatic carbocycles. The van der Waals surface area contributed by atoms with E-state index in [-0.39, 0.29) is 11.1 Å². The number of anilines is 1. The fourth-order valence-electron chi connectivity index (χ4n) is 2.46. The Bertz CT molecular complexity index is 1050. The predicted molar refractivity (Wildman–Crippen MR) is 102 cm³/mol. The highest BCUT2D eigenvalue weighted by molar-refractivity contribution is 8.00. The highest BCUT2D eigenvalue weighted by atomic mass is 35.5. The van der Waals surface area contributed by atoms with Crippen LogP contribution in [0, 0.1) is 28.5 Å². The lowest BCUT2D eigenvalue weighted by molar-refractivity contribution is 0.628. The molecule has 0 atom stereocenters. The van der Waals surface area contributed by atoms with E-state index >= 15 is 0 Å². The molecule has 3 aromatic rings. The SMILES string of the molecule is N#Cc1cccc(-c2ccc(F)cc2NSc2ccccc2Cl)c1C#N. The van der Waals surface area contributed by atoms with Crippen LogP contribution < -0.4 is 4.72 Å². The Morgan fingerprint density at radius 2 is 1.73 bits per heavy atom. The number of nitrogens with zero attached hydrogens (tertiary/aromatic N) is 2. The molecule has 126 valence electrons. The van der Waals surface area contributed by atoms with Gasteiger partial charge >= 0.3 is 0 Å². The van der Waals surface area contributed by atoms with Crippen LogP contribution in [0.15, 0.2) is 65.6 Å². The Labute approximate surface area is 159 Å². The zero-order chi connectivity index (χ0) is 18.5. The zero-order valence-corrected chi connectivity index (χ0v) is 14.9. The van der Waals surface area contributed by atoms with E-state index in [0.29, 0.717) is 21.8 Å². The first-order valence-corrected chi connectivity index (χ1v) is 8.74. The van der Waals surface area contributed by atoms with Gasteiger partial charge in [-0.25, -0.2) is 4.39 Å². The normalized spacial score (nSPS) is 10.0. The standard InChI is InChI=1S/C20H11ClFN3S/c21-18-6-1-2-7-20(18)26-25-19-10-14(22)8-9-16(19)15-5-3-4-13(11-23)17(15)12-24/h1-10,25H. The van der Waals surface area contributed by atoms with E-state index in [0.717, 1.165) is 4.90 Å². The van der Waals surface area contributed by atoms with Crippen molar-refractivity contribution < 1.29 is 4.39 Å². The van der Waals surface area contributed by atoms with Crippen molar-refractivity contribution >= 4 is 29.2 Å². The van der Waals surface area contributed by atoms with E-state index in [1.807, 2.05) is 24.3 Å². The van der Waals surface area contributed by atoms with Crippen molar-refractivity contribution in [2.75, 3.05) is 4.72 Å². The molecule has 0 spiro atoms. The van der Waals surface area contributed by atoms with Gasteiger partial charge in [-0.2, -0.15) is 10.5 Å². The largest absolute Gasteiger partial charge is 0.325 e. The van der Waals surface area contributed by atoms with Crippen LogP contribution in [0.4, 0.5) is 10.1 Å². The van der Waals surface area contributed by atoms with Gasteiger partial charge in [0.1, 0.15) is 18.0 Å². The molecule has 3 nitrogen and oxygen atoms in total. The van der Waals surface area contributed by atoms with Crippen LogP contribution in [0.2, 0.25) is 5.02 Å². The highest BCUT2D eigenvalue weighted by Gasteiger charge is 2.14. The van der Waals surface area contributed by atoms with Gasteiger partial charge in [-0.3, -0.25) is 0 Å². The summed E-state index contributed by atoms with van der Waals surface area (Å²) in [5, 5.41) is 19.3. The van der Waals surface area contributed by atoms with E-state index in [9.17, 15) is 14.9 Å². The fourth-order valence-corrected chi connectivity index (χ4v) is 3.42. The lowest BCUT2D eigenvalue weighted by Crippen LogP contribution is -1.95. The molecule has 0 bridgehead atoms. The van der Waals surface area contributed by atoms with Gasteiger partial charge in [0.2, 0.25) is 0 Å². The van der Waals surface area contributed by atoms with Gasteiger partial charge < -0.3 is 4.72 Å². The minimum absolute atomic E-state index is 0.257. The average molecular weight is 380 g/mol. The molecule has 26 heavy (non-hydrogen) atoms. The molecule has 0 aliphatic rings. The lowest BCUT2D eigenvalue weighted by Gasteiger charge is -2.14. The summed E-state index contributed by atoms with van der Waals surface area (Å²) in [5.74, 6) is -0.411. The van der Waals surface area contributed by atoms with Gasteiger partial charge in [-0.15, -0.1) is 0 Å². The predicted octanol–water partition coefficient (Wildman–Crippen LogP) is 6.01. The molecule has 0 saturated carbocycles. The summed E-state index contributed by atoms with van der Waals surface area (Å²) in [4.78, 5) is 0.788. The smallest absolute Gasteiger partial charge is 0.125 e. The monoisotopic (exact) mass is 379 g/mol. The van der Waals surface area contributed by atoms with E-state index in [1.54, 1.807) is 30.3 Å². The maximum atomic E-state index is 13.8. The van der Waals surface area contributed by atoms with Gasteiger partial charge in [0.15, 0.2) is 0 Å². The van der Waals surface area contributed by atoms with Crippen molar-refractivity contribution in [3.8, 4) is 23.3 Å². The quantitative estimate of drug-likeness (QED) is 0.564. The molecule has 6 heteroatoms. The molecule has 0 fully saturated rings. The zero-order valence-electron chi connectivity index (χ0n) is 13.3. The van der Waals surface area contributed by atoms with Crippen molar-refractivity contribution in [1.82, 2.24) is 0 Å². The Morgan fingerprint density at radius 1 is 0.923 bits per heavy atom. The first-order chi connectivity index (χ1) is 12.6. The second kappa shape index (κ2) is 7.93. The third kappa shape index (κ3) is 3.65. The molecule has 0 aromatic heterocycles. The topological polar surface area (TPSA) is 59.6 Å². The van der Waals surface area contributed by atoms with Crippen LogP contribution in [0.5, 0.6) is 0 Å². The molecule has 3 rings (SSSR count). The maximum Gasteiger partial charge on any atom is 0.125 e.